The van der Waals surface area contributed by atoms with E-state index in [1.807, 2.05) is 12.1 Å². The Morgan fingerprint density at radius 3 is 3.00 bits per heavy atom. The van der Waals surface area contributed by atoms with Gasteiger partial charge >= 0.3 is 0 Å². The smallest absolute Gasteiger partial charge is 0.213 e. The normalized spacial score (nSPS) is 25.1. The number of nitrogens with two attached hydrogens (primary N) is 1. The summed E-state index contributed by atoms with van der Waals surface area (Å²) in [5.74, 6) is 1.18. The summed E-state index contributed by atoms with van der Waals surface area (Å²) in [6.07, 6.45) is 2.42. The first-order chi connectivity index (χ1) is 8.80. The fourth-order valence-corrected chi connectivity index (χ4v) is 2.89. The van der Waals surface area contributed by atoms with Crippen molar-refractivity contribution in [1.29, 1.82) is 0 Å². The molecule has 1 aromatic rings. The van der Waals surface area contributed by atoms with Crippen LogP contribution in [0.2, 0.25) is 0 Å². The van der Waals surface area contributed by atoms with Gasteiger partial charge in [-0.1, -0.05) is 13.0 Å². The summed E-state index contributed by atoms with van der Waals surface area (Å²) in [7, 11) is 1.66. The maximum absolute atomic E-state index is 5.93. The molecule has 1 aromatic heterocycles. The summed E-state index contributed by atoms with van der Waals surface area (Å²) in [5.41, 5.74) is 7.02. The van der Waals surface area contributed by atoms with Crippen LogP contribution in [0.25, 0.3) is 0 Å². The molecule has 2 rings (SSSR count). The molecule has 0 aromatic carbocycles. The van der Waals surface area contributed by atoms with Gasteiger partial charge in [0.1, 0.15) is 0 Å². The highest BCUT2D eigenvalue weighted by molar-refractivity contribution is 5.19. The second-order valence-electron chi connectivity index (χ2n) is 4.82. The molecule has 2 atom stereocenters. The van der Waals surface area contributed by atoms with E-state index in [1.54, 1.807) is 7.11 Å². The molecule has 0 radical (unpaired) electrons. The second-order valence-corrected chi connectivity index (χ2v) is 4.82. The van der Waals surface area contributed by atoms with Gasteiger partial charge in [0.05, 0.1) is 18.8 Å². The number of hydrogen-bond donors (Lipinski definition) is 1. The molecule has 1 aliphatic heterocycles. The zero-order chi connectivity index (χ0) is 13.0. The van der Waals surface area contributed by atoms with Crippen molar-refractivity contribution in [2.75, 3.05) is 26.7 Å². The summed E-state index contributed by atoms with van der Waals surface area (Å²) in [4.78, 5) is 7.07. The molecule has 1 fully saturated rings. The van der Waals surface area contributed by atoms with Gasteiger partial charge in [-0.15, -0.1) is 0 Å². The van der Waals surface area contributed by atoms with E-state index in [-0.39, 0.29) is 0 Å². The second kappa shape index (κ2) is 6.16. The van der Waals surface area contributed by atoms with Gasteiger partial charge in [-0.3, -0.25) is 4.90 Å². The minimum Gasteiger partial charge on any atom is -0.481 e. The molecular weight excluding hydrogens is 226 g/mol. The zero-order valence-electron chi connectivity index (χ0n) is 11.3. The first-order valence-corrected chi connectivity index (χ1v) is 6.75. The number of piperidine rings is 1. The van der Waals surface area contributed by atoms with Crippen molar-refractivity contribution in [3.05, 3.63) is 23.9 Å². The summed E-state index contributed by atoms with van der Waals surface area (Å²) < 4.78 is 5.22. The van der Waals surface area contributed by atoms with Crippen LogP contribution in [-0.4, -0.2) is 36.6 Å². The summed E-state index contributed by atoms with van der Waals surface area (Å²) in [6, 6.07) is 6.32. The number of pyridine rings is 1. The standard InChI is InChI=1S/C14H23N3O/c1-3-17-9-5-6-11(10-15)14(17)12-7-4-8-13(16-12)18-2/h4,7-8,11,14H,3,5-6,9-10,15H2,1-2H3. The fourth-order valence-electron chi connectivity index (χ4n) is 2.89. The van der Waals surface area contributed by atoms with Gasteiger partial charge in [-0.25, -0.2) is 4.98 Å². The van der Waals surface area contributed by atoms with Gasteiger partial charge in [0.15, 0.2) is 0 Å². The van der Waals surface area contributed by atoms with E-state index in [0.29, 0.717) is 17.8 Å². The largest absolute Gasteiger partial charge is 0.481 e. The highest BCUT2D eigenvalue weighted by Gasteiger charge is 2.31. The number of likely N-dealkylation sites (tertiary alicyclic amines) is 1. The third-order valence-corrected chi connectivity index (χ3v) is 3.83. The first-order valence-electron chi connectivity index (χ1n) is 6.75. The Bertz CT molecular complexity index is 371. The van der Waals surface area contributed by atoms with E-state index in [2.05, 4.69) is 22.9 Å². The summed E-state index contributed by atoms with van der Waals surface area (Å²) in [6.45, 7) is 5.10. The molecule has 18 heavy (non-hydrogen) atoms. The van der Waals surface area contributed by atoms with E-state index >= 15 is 0 Å². The maximum Gasteiger partial charge on any atom is 0.213 e. The maximum atomic E-state index is 5.93. The molecule has 4 heteroatoms. The van der Waals surface area contributed by atoms with Crippen LogP contribution in [0.4, 0.5) is 0 Å². The quantitative estimate of drug-likeness (QED) is 0.884. The molecule has 1 saturated heterocycles. The topological polar surface area (TPSA) is 51.4 Å². The van der Waals surface area contributed by atoms with Crippen molar-refractivity contribution in [3.63, 3.8) is 0 Å². The minimum absolute atomic E-state index is 0.337. The lowest BCUT2D eigenvalue weighted by atomic mass is 9.87. The Morgan fingerprint density at radius 2 is 2.33 bits per heavy atom. The predicted molar refractivity (Wildman–Crippen MR) is 72.6 cm³/mol. The highest BCUT2D eigenvalue weighted by atomic mass is 16.5. The number of ether oxygens (including phenoxy) is 1. The molecule has 100 valence electrons. The van der Waals surface area contributed by atoms with Crippen LogP contribution in [0.3, 0.4) is 0 Å². The van der Waals surface area contributed by atoms with Crippen molar-refractivity contribution in [2.45, 2.75) is 25.8 Å². The molecule has 2 N–H and O–H groups in total. The van der Waals surface area contributed by atoms with Crippen molar-refractivity contribution in [1.82, 2.24) is 9.88 Å². The number of methoxy groups -OCH3 is 1. The van der Waals surface area contributed by atoms with Crippen molar-refractivity contribution >= 4 is 0 Å². The molecule has 0 aliphatic carbocycles. The molecule has 2 heterocycles. The van der Waals surface area contributed by atoms with E-state index in [4.69, 9.17) is 10.5 Å². The van der Waals surface area contributed by atoms with Gasteiger partial charge in [0.2, 0.25) is 5.88 Å². The first kappa shape index (κ1) is 13.3. The summed E-state index contributed by atoms with van der Waals surface area (Å²) >= 11 is 0. The average molecular weight is 249 g/mol. The van der Waals surface area contributed by atoms with Crippen LogP contribution in [-0.2, 0) is 0 Å². The molecule has 4 nitrogen and oxygen atoms in total. The lowest BCUT2D eigenvalue weighted by molar-refractivity contribution is 0.0984. The molecule has 1 aliphatic rings. The Morgan fingerprint density at radius 1 is 1.50 bits per heavy atom. The highest BCUT2D eigenvalue weighted by Crippen LogP contribution is 2.34. The molecule has 0 amide bonds. The lowest BCUT2D eigenvalue weighted by Crippen LogP contribution is -2.41. The fraction of sp³-hybridized carbons (Fsp3) is 0.643. The van der Waals surface area contributed by atoms with E-state index in [9.17, 15) is 0 Å². The lowest BCUT2D eigenvalue weighted by Gasteiger charge is -2.40. The van der Waals surface area contributed by atoms with Crippen molar-refractivity contribution in [2.24, 2.45) is 11.7 Å². The monoisotopic (exact) mass is 249 g/mol. The zero-order valence-corrected chi connectivity index (χ0v) is 11.3. The van der Waals surface area contributed by atoms with Crippen LogP contribution >= 0.6 is 0 Å². The number of rotatable bonds is 4. The molecule has 2 unspecified atom stereocenters. The van der Waals surface area contributed by atoms with Crippen LogP contribution < -0.4 is 10.5 Å². The van der Waals surface area contributed by atoms with Crippen molar-refractivity contribution in [3.8, 4) is 5.88 Å². The number of hydrogen-bond acceptors (Lipinski definition) is 4. The van der Waals surface area contributed by atoms with E-state index < -0.39 is 0 Å². The van der Waals surface area contributed by atoms with Gasteiger partial charge in [0, 0.05) is 6.07 Å². The minimum atomic E-state index is 0.337. The number of aromatic nitrogens is 1. The van der Waals surface area contributed by atoms with Gasteiger partial charge in [-0.2, -0.15) is 0 Å². The van der Waals surface area contributed by atoms with E-state index in [1.165, 1.54) is 12.8 Å². The van der Waals surface area contributed by atoms with Crippen LogP contribution in [0, 0.1) is 5.92 Å². The Hall–Kier alpha value is -1.13. The van der Waals surface area contributed by atoms with Crippen molar-refractivity contribution < 1.29 is 4.74 Å². The van der Waals surface area contributed by atoms with E-state index in [0.717, 1.165) is 25.3 Å². The average Bonchev–Trinajstić information content (AvgIpc) is 2.46. The Balaban J connectivity index is 2.29. The number of nitrogens with zero attached hydrogens (tertiary/aromatic N) is 2. The van der Waals surface area contributed by atoms with Crippen LogP contribution in [0.5, 0.6) is 5.88 Å². The van der Waals surface area contributed by atoms with Crippen LogP contribution in [0.1, 0.15) is 31.5 Å². The Labute approximate surface area is 109 Å². The molecule has 0 bridgehead atoms. The molecule has 0 saturated carbocycles. The SMILES string of the molecule is CCN1CCCC(CN)C1c1cccc(OC)n1. The van der Waals surface area contributed by atoms with Gasteiger partial charge < -0.3 is 10.5 Å². The third-order valence-electron chi connectivity index (χ3n) is 3.83. The molecule has 0 spiro atoms. The molecular formula is C14H23N3O. The van der Waals surface area contributed by atoms with Crippen LogP contribution in [0.15, 0.2) is 18.2 Å². The van der Waals surface area contributed by atoms with Gasteiger partial charge in [0.25, 0.3) is 0 Å². The summed E-state index contributed by atoms with van der Waals surface area (Å²) in [5, 5.41) is 0. The third kappa shape index (κ3) is 2.65. The Kier molecular flexibility index (Phi) is 4.55. The predicted octanol–water partition coefficient (Wildman–Crippen LogP) is 1.82. The van der Waals surface area contributed by atoms with Gasteiger partial charge in [-0.05, 0) is 44.5 Å².